The van der Waals surface area contributed by atoms with E-state index in [0.29, 0.717) is 11.2 Å². The lowest BCUT2D eigenvalue weighted by molar-refractivity contribution is -0.131. The summed E-state index contributed by atoms with van der Waals surface area (Å²) in [5.41, 5.74) is 3.95. The lowest BCUT2D eigenvalue weighted by Crippen LogP contribution is -2.55. The average Bonchev–Trinajstić information content (AvgIpc) is 3.48. The van der Waals surface area contributed by atoms with Crippen LogP contribution in [0.1, 0.15) is 31.4 Å². The van der Waals surface area contributed by atoms with Crippen LogP contribution in [0.3, 0.4) is 0 Å². The van der Waals surface area contributed by atoms with Crippen molar-refractivity contribution in [3.05, 3.63) is 59.8 Å². The first-order valence-corrected chi connectivity index (χ1v) is 13.3. The Morgan fingerprint density at radius 2 is 1.97 bits per heavy atom. The quantitative estimate of drug-likeness (QED) is 0.320. The highest BCUT2D eigenvalue weighted by molar-refractivity contribution is 6.29. The van der Waals surface area contributed by atoms with Crippen molar-refractivity contribution in [2.75, 3.05) is 18.4 Å². The first-order valence-electron chi connectivity index (χ1n) is 12.9. The Hall–Kier alpha value is -3.43. The Bertz CT molecular complexity index is 1400. The topological polar surface area (TPSA) is 104 Å². The number of hydrogen-bond donors (Lipinski definition) is 3. The summed E-state index contributed by atoms with van der Waals surface area (Å²) in [5.74, 6) is 1.03. The number of rotatable bonds is 7. The van der Waals surface area contributed by atoms with Crippen LogP contribution >= 0.6 is 11.6 Å². The van der Waals surface area contributed by atoms with Gasteiger partial charge in [-0.1, -0.05) is 11.6 Å². The van der Waals surface area contributed by atoms with E-state index in [-0.39, 0.29) is 17.9 Å². The number of pyridine rings is 2. The van der Waals surface area contributed by atoms with E-state index in [9.17, 15) is 4.79 Å². The van der Waals surface area contributed by atoms with Gasteiger partial charge in [-0.3, -0.25) is 14.4 Å². The number of amides is 1. The number of likely N-dealkylation sites (tertiary alicyclic amines) is 1. The van der Waals surface area contributed by atoms with E-state index in [1.165, 1.54) is 0 Å². The summed E-state index contributed by atoms with van der Waals surface area (Å²) in [6.45, 7) is 2.40. The maximum absolute atomic E-state index is 12.7. The van der Waals surface area contributed by atoms with E-state index < -0.39 is 0 Å². The van der Waals surface area contributed by atoms with E-state index in [1.54, 1.807) is 6.20 Å². The molecule has 0 aromatic carbocycles. The van der Waals surface area contributed by atoms with Gasteiger partial charge < -0.3 is 15.6 Å². The third kappa shape index (κ3) is 5.33. The minimum Gasteiger partial charge on any atom is -0.367 e. The molecule has 3 N–H and O–H groups in total. The highest BCUT2D eigenvalue weighted by Crippen LogP contribution is 2.31. The van der Waals surface area contributed by atoms with Gasteiger partial charge in [0.15, 0.2) is 0 Å². The number of nitrogens with zero attached hydrogens (tertiary/aromatic N) is 5. The Morgan fingerprint density at radius 1 is 1.16 bits per heavy atom. The van der Waals surface area contributed by atoms with Crippen molar-refractivity contribution >= 4 is 34.4 Å². The maximum atomic E-state index is 12.7. The normalized spacial score (nSPS) is 20.6. The second kappa shape index (κ2) is 10.1. The van der Waals surface area contributed by atoms with Gasteiger partial charge >= 0.3 is 0 Å². The largest absolute Gasteiger partial charge is 0.367 e. The summed E-state index contributed by atoms with van der Waals surface area (Å²) >= 11 is 6.39. The van der Waals surface area contributed by atoms with Gasteiger partial charge in [0.1, 0.15) is 16.6 Å². The fourth-order valence-corrected chi connectivity index (χ4v) is 5.68. The summed E-state index contributed by atoms with van der Waals surface area (Å²) in [7, 11) is 1.92. The zero-order chi connectivity index (χ0) is 25.4. The summed E-state index contributed by atoms with van der Waals surface area (Å²) in [5, 5.41) is 12.8. The van der Waals surface area contributed by atoms with E-state index >= 15 is 0 Å². The second-order valence-electron chi connectivity index (χ2n) is 10.2. The maximum Gasteiger partial charge on any atom is 0.225 e. The standard InChI is InChI=1S/C27H31ClN8O/c1-35-10-8-21(34-35)16-36-14-18(15-36)27(37)32-20-6-4-19(5-7-20)31-25-12-17(11-24(28)33-25)23-13-30-26-22(23)3-2-9-29-26/h2-3,8-13,18-20H,4-7,14-16H2,1H3,(H,29,30)(H,31,33)(H,32,37). The number of carbonyl (C=O) groups is 1. The number of hydrogen-bond acceptors (Lipinski definition) is 6. The molecule has 0 atom stereocenters. The fourth-order valence-electron chi connectivity index (χ4n) is 5.47. The molecule has 2 aliphatic rings. The average molecular weight is 519 g/mol. The minimum atomic E-state index is 0.0772. The molecule has 5 heterocycles. The summed E-state index contributed by atoms with van der Waals surface area (Å²) in [6.07, 6.45) is 9.54. The van der Waals surface area contributed by atoms with E-state index in [1.807, 2.05) is 54.5 Å². The van der Waals surface area contributed by atoms with Crippen molar-refractivity contribution in [3.63, 3.8) is 0 Å². The highest BCUT2D eigenvalue weighted by Gasteiger charge is 2.34. The van der Waals surface area contributed by atoms with E-state index in [0.717, 1.165) is 79.0 Å². The van der Waals surface area contributed by atoms with Crippen LogP contribution in [-0.4, -0.2) is 60.7 Å². The van der Waals surface area contributed by atoms with Gasteiger partial charge in [0.2, 0.25) is 5.91 Å². The Labute approximate surface area is 220 Å². The van der Waals surface area contributed by atoms with Gasteiger partial charge in [0, 0.05) is 68.3 Å². The fraction of sp³-hybridized carbons (Fsp3) is 0.407. The zero-order valence-corrected chi connectivity index (χ0v) is 21.6. The predicted molar refractivity (Wildman–Crippen MR) is 144 cm³/mol. The first kappa shape index (κ1) is 23.9. The van der Waals surface area contributed by atoms with Gasteiger partial charge in [-0.15, -0.1) is 0 Å². The molecule has 10 heteroatoms. The third-order valence-corrected chi connectivity index (χ3v) is 7.66. The molecule has 0 spiro atoms. The van der Waals surface area contributed by atoms with Crippen molar-refractivity contribution in [3.8, 4) is 11.1 Å². The Balaban J connectivity index is 0.993. The second-order valence-corrected chi connectivity index (χ2v) is 10.6. The number of anilines is 1. The lowest BCUT2D eigenvalue weighted by Gasteiger charge is -2.39. The Kier molecular flexibility index (Phi) is 6.56. The summed E-state index contributed by atoms with van der Waals surface area (Å²) in [6, 6.07) is 10.5. The third-order valence-electron chi connectivity index (χ3n) is 7.46. The van der Waals surface area contributed by atoms with Crippen LogP contribution in [0.25, 0.3) is 22.2 Å². The SMILES string of the molecule is Cn1ccc(CN2CC(C(=O)NC3CCC(Nc4cc(-c5c[nH]c6ncccc56)cc(Cl)n4)CC3)C2)n1. The van der Waals surface area contributed by atoms with Crippen molar-refractivity contribution < 1.29 is 4.79 Å². The molecule has 4 aromatic rings. The van der Waals surface area contributed by atoms with Crippen LogP contribution in [0, 0.1) is 5.92 Å². The highest BCUT2D eigenvalue weighted by atomic mass is 35.5. The minimum absolute atomic E-state index is 0.0772. The van der Waals surface area contributed by atoms with Crippen molar-refractivity contribution in [1.29, 1.82) is 0 Å². The van der Waals surface area contributed by atoms with Crippen LogP contribution in [0.2, 0.25) is 5.15 Å². The van der Waals surface area contributed by atoms with Gasteiger partial charge in [0.05, 0.1) is 11.6 Å². The predicted octanol–water partition coefficient (Wildman–Crippen LogP) is 3.98. The van der Waals surface area contributed by atoms with Crippen LogP contribution < -0.4 is 10.6 Å². The molecular weight excluding hydrogens is 488 g/mol. The molecule has 1 amide bonds. The summed E-state index contributed by atoms with van der Waals surface area (Å²) in [4.78, 5) is 27.1. The molecule has 192 valence electrons. The molecular formula is C27H31ClN8O. The molecule has 1 saturated carbocycles. The number of halogens is 1. The smallest absolute Gasteiger partial charge is 0.225 e. The lowest BCUT2D eigenvalue weighted by atomic mass is 9.90. The molecule has 0 bridgehead atoms. The van der Waals surface area contributed by atoms with Crippen molar-refractivity contribution in [2.45, 2.75) is 44.3 Å². The molecule has 37 heavy (non-hydrogen) atoms. The van der Waals surface area contributed by atoms with Crippen LogP contribution in [0.5, 0.6) is 0 Å². The van der Waals surface area contributed by atoms with Crippen LogP contribution in [-0.2, 0) is 18.4 Å². The number of carbonyl (C=O) groups excluding carboxylic acids is 1. The Morgan fingerprint density at radius 3 is 2.76 bits per heavy atom. The number of H-pyrrole nitrogens is 1. The van der Waals surface area contributed by atoms with Gasteiger partial charge in [-0.25, -0.2) is 9.97 Å². The van der Waals surface area contributed by atoms with E-state index in [4.69, 9.17) is 11.6 Å². The molecule has 2 fully saturated rings. The van der Waals surface area contributed by atoms with Crippen molar-refractivity contribution in [2.24, 2.45) is 13.0 Å². The monoisotopic (exact) mass is 518 g/mol. The molecule has 1 aliphatic carbocycles. The van der Waals surface area contributed by atoms with Crippen molar-refractivity contribution in [1.82, 2.24) is 34.9 Å². The molecule has 6 rings (SSSR count). The van der Waals surface area contributed by atoms with Gasteiger partial charge in [0.25, 0.3) is 0 Å². The number of aryl methyl sites for hydroxylation is 1. The van der Waals surface area contributed by atoms with E-state index in [2.05, 4.69) is 35.6 Å². The molecule has 0 radical (unpaired) electrons. The molecule has 1 aliphatic heterocycles. The number of aromatic amines is 1. The van der Waals surface area contributed by atoms with Gasteiger partial charge in [-0.2, -0.15) is 5.10 Å². The molecule has 0 unspecified atom stereocenters. The number of nitrogens with one attached hydrogen (secondary N) is 3. The van der Waals surface area contributed by atoms with Crippen LogP contribution in [0.15, 0.2) is 48.9 Å². The summed E-state index contributed by atoms with van der Waals surface area (Å²) < 4.78 is 1.81. The number of aromatic nitrogens is 5. The van der Waals surface area contributed by atoms with Crippen LogP contribution in [0.4, 0.5) is 5.82 Å². The molecule has 9 nitrogen and oxygen atoms in total. The molecule has 4 aromatic heterocycles. The zero-order valence-electron chi connectivity index (χ0n) is 20.8. The van der Waals surface area contributed by atoms with Gasteiger partial charge in [-0.05, 0) is 61.6 Å². The molecule has 1 saturated heterocycles. The first-order chi connectivity index (χ1) is 18.0. The number of fused-ring (bicyclic) bond motifs is 1.